The number of rotatable bonds is 3. The third kappa shape index (κ3) is 4.09. The molecule has 0 aliphatic carbocycles. The lowest BCUT2D eigenvalue weighted by molar-refractivity contribution is -0.137. The first kappa shape index (κ1) is 17.2. The van der Waals surface area contributed by atoms with E-state index in [1.54, 1.807) is 24.1 Å². The van der Waals surface area contributed by atoms with Crippen molar-refractivity contribution in [1.82, 2.24) is 19.9 Å². The Labute approximate surface area is 142 Å². The maximum absolute atomic E-state index is 12.6. The van der Waals surface area contributed by atoms with Gasteiger partial charge in [-0.25, -0.2) is 9.97 Å². The summed E-state index contributed by atoms with van der Waals surface area (Å²) in [5.74, 6) is 0.220. The number of carbonyl (C=O) groups excluding carboxylic acids is 1. The van der Waals surface area contributed by atoms with Gasteiger partial charge in [0.1, 0.15) is 11.5 Å². The number of piperidine rings is 1. The number of halogens is 3. The minimum absolute atomic E-state index is 0.104. The van der Waals surface area contributed by atoms with Crippen LogP contribution in [-0.4, -0.2) is 39.6 Å². The number of amides is 1. The van der Waals surface area contributed by atoms with Crippen LogP contribution in [0.4, 0.5) is 19.0 Å². The second-order valence-corrected chi connectivity index (χ2v) is 6.09. The molecule has 6 nitrogen and oxygen atoms in total. The Balaban J connectivity index is 1.64. The van der Waals surface area contributed by atoms with E-state index in [9.17, 15) is 18.0 Å². The number of aromatic nitrogens is 3. The Hall–Kier alpha value is -2.58. The van der Waals surface area contributed by atoms with E-state index >= 15 is 0 Å². The first-order chi connectivity index (χ1) is 11.8. The molecule has 0 radical (unpaired) electrons. The maximum atomic E-state index is 12.6. The molecule has 1 amide bonds. The molecule has 134 valence electrons. The summed E-state index contributed by atoms with van der Waals surface area (Å²) in [4.78, 5) is 22.0. The molecule has 1 atom stereocenters. The van der Waals surface area contributed by atoms with Crippen LogP contribution in [0.1, 0.15) is 28.9 Å². The Bertz CT molecular complexity index is 741. The van der Waals surface area contributed by atoms with Gasteiger partial charge in [0.05, 0.1) is 11.9 Å². The number of alkyl halides is 3. The highest BCUT2D eigenvalue weighted by Gasteiger charge is 2.31. The molecule has 1 aliphatic rings. The molecule has 25 heavy (non-hydrogen) atoms. The number of pyridine rings is 1. The van der Waals surface area contributed by atoms with Crippen molar-refractivity contribution in [2.45, 2.75) is 25.1 Å². The van der Waals surface area contributed by atoms with E-state index in [1.807, 2.05) is 4.90 Å². The van der Waals surface area contributed by atoms with Gasteiger partial charge in [-0.1, -0.05) is 0 Å². The average molecular weight is 353 g/mol. The van der Waals surface area contributed by atoms with Crippen LogP contribution < -0.4 is 10.2 Å². The summed E-state index contributed by atoms with van der Waals surface area (Å²) in [5, 5.41) is 2.92. The molecule has 1 fully saturated rings. The van der Waals surface area contributed by atoms with Crippen molar-refractivity contribution in [3.63, 3.8) is 0 Å². The Kier molecular flexibility index (Phi) is 4.65. The van der Waals surface area contributed by atoms with Crippen LogP contribution in [0.5, 0.6) is 0 Å². The van der Waals surface area contributed by atoms with Gasteiger partial charge < -0.3 is 14.8 Å². The Morgan fingerprint density at radius 2 is 2.12 bits per heavy atom. The van der Waals surface area contributed by atoms with E-state index in [0.29, 0.717) is 24.6 Å². The minimum Gasteiger partial charge on any atom is -0.355 e. The zero-order valence-electron chi connectivity index (χ0n) is 13.6. The number of anilines is 1. The predicted octanol–water partition coefficient (Wildman–Crippen LogP) is 2.23. The quantitative estimate of drug-likeness (QED) is 0.919. The highest BCUT2D eigenvalue weighted by molar-refractivity contribution is 5.92. The van der Waals surface area contributed by atoms with Gasteiger partial charge in [0, 0.05) is 38.6 Å². The molecule has 3 rings (SSSR count). The van der Waals surface area contributed by atoms with Gasteiger partial charge in [0.2, 0.25) is 0 Å². The van der Waals surface area contributed by atoms with Gasteiger partial charge in [-0.15, -0.1) is 0 Å². The molecule has 2 aromatic rings. The monoisotopic (exact) mass is 353 g/mol. The van der Waals surface area contributed by atoms with Crippen molar-refractivity contribution in [1.29, 1.82) is 0 Å². The molecule has 0 bridgehead atoms. The van der Waals surface area contributed by atoms with E-state index < -0.39 is 11.7 Å². The molecule has 0 saturated carbocycles. The van der Waals surface area contributed by atoms with Crippen LogP contribution in [0.2, 0.25) is 0 Å². The third-order valence-electron chi connectivity index (χ3n) is 4.09. The largest absolute Gasteiger partial charge is 0.417 e. The Morgan fingerprint density at radius 1 is 1.32 bits per heavy atom. The van der Waals surface area contributed by atoms with Gasteiger partial charge in [0.25, 0.3) is 5.91 Å². The van der Waals surface area contributed by atoms with Crippen molar-refractivity contribution in [3.05, 3.63) is 42.1 Å². The zero-order valence-corrected chi connectivity index (χ0v) is 13.6. The lowest BCUT2D eigenvalue weighted by Gasteiger charge is -2.34. The molecule has 1 saturated heterocycles. The first-order valence-corrected chi connectivity index (χ1v) is 7.90. The van der Waals surface area contributed by atoms with Gasteiger partial charge in [-0.3, -0.25) is 4.79 Å². The number of aryl methyl sites for hydroxylation is 1. The highest BCUT2D eigenvalue weighted by Crippen LogP contribution is 2.29. The maximum Gasteiger partial charge on any atom is 0.417 e. The van der Waals surface area contributed by atoms with Crippen molar-refractivity contribution in [2.24, 2.45) is 7.05 Å². The summed E-state index contributed by atoms with van der Waals surface area (Å²) in [6.07, 6.45) is 1.24. The van der Waals surface area contributed by atoms with Crippen LogP contribution in [0, 0.1) is 0 Å². The molecule has 0 aromatic carbocycles. The fourth-order valence-electron chi connectivity index (χ4n) is 2.83. The van der Waals surface area contributed by atoms with Crippen molar-refractivity contribution in [3.8, 4) is 0 Å². The summed E-state index contributed by atoms with van der Waals surface area (Å²) >= 11 is 0. The minimum atomic E-state index is -4.40. The number of nitrogens with zero attached hydrogens (tertiary/aromatic N) is 4. The fourth-order valence-corrected chi connectivity index (χ4v) is 2.83. The number of carbonyl (C=O) groups is 1. The molecule has 9 heteroatoms. The van der Waals surface area contributed by atoms with Gasteiger partial charge >= 0.3 is 6.18 Å². The fraction of sp³-hybridized carbons (Fsp3) is 0.438. The van der Waals surface area contributed by atoms with Gasteiger partial charge in [-0.05, 0) is 25.0 Å². The first-order valence-electron chi connectivity index (χ1n) is 7.90. The molecule has 1 N–H and O–H groups in total. The topological polar surface area (TPSA) is 63.1 Å². The second kappa shape index (κ2) is 6.73. The van der Waals surface area contributed by atoms with Crippen LogP contribution in [-0.2, 0) is 13.2 Å². The van der Waals surface area contributed by atoms with Crippen LogP contribution >= 0.6 is 0 Å². The summed E-state index contributed by atoms with van der Waals surface area (Å²) in [6, 6.07) is 2.29. The van der Waals surface area contributed by atoms with E-state index in [2.05, 4.69) is 15.3 Å². The molecule has 3 heterocycles. The average Bonchev–Trinajstić information content (AvgIpc) is 3.01. The van der Waals surface area contributed by atoms with Crippen LogP contribution in [0.25, 0.3) is 0 Å². The molecular formula is C16H18F3N5O. The summed E-state index contributed by atoms with van der Waals surface area (Å²) in [6.45, 7) is 1.19. The van der Waals surface area contributed by atoms with Gasteiger partial charge in [-0.2, -0.15) is 13.2 Å². The van der Waals surface area contributed by atoms with Crippen molar-refractivity contribution < 1.29 is 18.0 Å². The highest BCUT2D eigenvalue weighted by atomic mass is 19.4. The number of nitrogens with one attached hydrogen (secondary N) is 1. The summed E-state index contributed by atoms with van der Waals surface area (Å²) in [7, 11) is 1.78. The molecular weight excluding hydrogens is 335 g/mol. The van der Waals surface area contributed by atoms with Gasteiger partial charge in [0.15, 0.2) is 0 Å². The summed E-state index contributed by atoms with van der Waals surface area (Å²) in [5.41, 5.74) is -0.430. The van der Waals surface area contributed by atoms with Crippen LogP contribution in [0.15, 0.2) is 30.9 Å². The van der Waals surface area contributed by atoms with Crippen LogP contribution in [0.3, 0.4) is 0 Å². The number of imidazole rings is 1. The third-order valence-corrected chi connectivity index (χ3v) is 4.09. The number of hydrogen-bond donors (Lipinski definition) is 1. The summed E-state index contributed by atoms with van der Waals surface area (Å²) < 4.78 is 39.6. The lowest BCUT2D eigenvalue weighted by atomic mass is 10.1. The molecule has 0 spiro atoms. The number of hydrogen-bond acceptors (Lipinski definition) is 4. The smallest absolute Gasteiger partial charge is 0.355 e. The van der Waals surface area contributed by atoms with E-state index in [1.165, 1.54) is 6.07 Å². The van der Waals surface area contributed by atoms with E-state index in [4.69, 9.17) is 0 Å². The van der Waals surface area contributed by atoms with E-state index in [-0.39, 0.29) is 11.9 Å². The zero-order chi connectivity index (χ0) is 18.0. The standard InChI is InChI=1S/C16H18F3N5O/c1-23-9-13(21-10-23)15(25)22-12-3-2-6-24(8-12)14-5-4-11(7-20-14)16(17,18)19/h4-5,7,9-10,12H,2-3,6,8H2,1H3,(H,22,25). The molecule has 2 aromatic heterocycles. The SMILES string of the molecule is Cn1cnc(C(=O)NC2CCCN(c3ccc(C(F)(F)F)cn3)C2)c1. The molecule has 1 aliphatic heterocycles. The lowest BCUT2D eigenvalue weighted by Crippen LogP contribution is -2.48. The predicted molar refractivity (Wildman–Crippen MR) is 85.1 cm³/mol. The van der Waals surface area contributed by atoms with Crippen molar-refractivity contribution in [2.75, 3.05) is 18.0 Å². The van der Waals surface area contributed by atoms with Crippen molar-refractivity contribution >= 4 is 11.7 Å². The normalized spacial score (nSPS) is 18.2. The Morgan fingerprint density at radius 3 is 2.72 bits per heavy atom. The molecule has 1 unspecified atom stereocenters. The second-order valence-electron chi connectivity index (χ2n) is 6.09. The van der Waals surface area contributed by atoms with E-state index in [0.717, 1.165) is 25.1 Å².